The van der Waals surface area contributed by atoms with Crippen LogP contribution >= 0.6 is 23.1 Å². The number of ether oxygens (including phenoxy) is 1. The number of benzene rings is 2. The molecule has 0 bridgehead atoms. The van der Waals surface area contributed by atoms with Crippen molar-refractivity contribution >= 4 is 23.1 Å². The Labute approximate surface area is 182 Å². The minimum absolute atomic E-state index is 0.152. The van der Waals surface area contributed by atoms with Gasteiger partial charge in [0.2, 0.25) is 0 Å². The standard InChI is InChI=1S/C24H29NO2S2/c1-4-28-24(20-8-5-6-9-21(20)26)23-15-14-22(29-23)18-10-12-19(13-11-18)27-17-7-16-25(2)3/h5-6,8-15,24,26H,4,7,16-17H2,1-3H3. The van der Waals surface area contributed by atoms with Crippen LogP contribution in [0.25, 0.3) is 10.4 Å². The van der Waals surface area contributed by atoms with Gasteiger partial charge in [-0.15, -0.1) is 23.1 Å². The van der Waals surface area contributed by atoms with Gasteiger partial charge in [0.15, 0.2) is 0 Å². The molecular formula is C24H29NO2S2. The molecule has 0 aliphatic heterocycles. The molecule has 5 heteroatoms. The van der Waals surface area contributed by atoms with E-state index in [0.717, 1.165) is 36.6 Å². The lowest BCUT2D eigenvalue weighted by Gasteiger charge is -2.16. The highest BCUT2D eigenvalue weighted by Gasteiger charge is 2.19. The smallest absolute Gasteiger partial charge is 0.120 e. The molecule has 0 saturated heterocycles. The Morgan fingerprint density at radius 2 is 1.79 bits per heavy atom. The van der Waals surface area contributed by atoms with Crippen molar-refractivity contribution in [1.29, 1.82) is 0 Å². The fourth-order valence-electron chi connectivity index (χ4n) is 3.14. The molecule has 0 amide bonds. The van der Waals surface area contributed by atoms with Crippen LogP contribution in [0.5, 0.6) is 11.5 Å². The lowest BCUT2D eigenvalue weighted by Crippen LogP contribution is -2.15. The van der Waals surface area contributed by atoms with E-state index in [0.29, 0.717) is 5.75 Å². The normalized spacial score (nSPS) is 12.3. The fraction of sp³-hybridized carbons (Fsp3) is 0.333. The monoisotopic (exact) mass is 427 g/mol. The third-order valence-electron chi connectivity index (χ3n) is 4.59. The van der Waals surface area contributed by atoms with Gasteiger partial charge >= 0.3 is 0 Å². The van der Waals surface area contributed by atoms with E-state index in [1.165, 1.54) is 15.3 Å². The van der Waals surface area contributed by atoms with Crippen LogP contribution in [0.3, 0.4) is 0 Å². The molecule has 0 saturated carbocycles. The molecule has 1 N–H and O–H groups in total. The van der Waals surface area contributed by atoms with Gasteiger partial charge < -0.3 is 14.7 Å². The second-order valence-corrected chi connectivity index (χ2v) is 9.62. The number of aromatic hydroxyl groups is 1. The number of phenolic OH excluding ortho intramolecular Hbond substituents is 1. The molecule has 0 radical (unpaired) electrons. The van der Waals surface area contributed by atoms with Crippen LogP contribution in [-0.2, 0) is 0 Å². The van der Waals surface area contributed by atoms with E-state index in [9.17, 15) is 5.11 Å². The Morgan fingerprint density at radius 3 is 2.48 bits per heavy atom. The summed E-state index contributed by atoms with van der Waals surface area (Å²) in [5.74, 6) is 2.27. The molecule has 1 heterocycles. The van der Waals surface area contributed by atoms with Crippen molar-refractivity contribution in [3.8, 4) is 21.9 Å². The van der Waals surface area contributed by atoms with Gasteiger partial charge in [-0.3, -0.25) is 0 Å². The zero-order valence-corrected chi connectivity index (χ0v) is 18.9. The van der Waals surface area contributed by atoms with Crippen LogP contribution in [0.2, 0.25) is 0 Å². The quantitative estimate of drug-likeness (QED) is 0.385. The van der Waals surface area contributed by atoms with Gasteiger partial charge in [-0.1, -0.05) is 25.1 Å². The molecular weight excluding hydrogens is 398 g/mol. The van der Waals surface area contributed by atoms with Crippen LogP contribution in [-0.4, -0.2) is 43.0 Å². The van der Waals surface area contributed by atoms with Gasteiger partial charge in [0.25, 0.3) is 0 Å². The first-order valence-electron chi connectivity index (χ1n) is 9.95. The molecule has 1 aromatic heterocycles. The number of thioether (sulfide) groups is 1. The van der Waals surface area contributed by atoms with E-state index in [2.05, 4.69) is 50.2 Å². The minimum atomic E-state index is 0.152. The van der Waals surface area contributed by atoms with Crippen LogP contribution in [0.4, 0.5) is 0 Å². The van der Waals surface area contributed by atoms with Crippen molar-refractivity contribution in [3.63, 3.8) is 0 Å². The van der Waals surface area contributed by atoms with Crippen molar-refractivity contribution in [3.05, 3.63) is 71.1 Å². The van der Waals surface area contributed by atoms with E-state index < -0.39 is 0 Å². The van der Waals surface area contributed by atoms with Crippen molar-refractivity contribution in [2.75, 3.05) is 33.0 Å². The number of nitrogens with zero attached hydrogens (tertiary/aromatic N) is 1. The van der Waals surface area contributed by atoms with Crippen molar-refractivity contribution in [2.24, 2.45) is 0 Å². The number of hydrogen-bond donors (Lipinski definition) is 1. The molecule has 0 fully saturated rings. The molecule has 2 aromatic carbocycles. The highest BCUT2D eigenvalue weighted by Crippen LogP contribution is 2.44. The van der Waals surface area contributed by atoms with Crippen molar-refractivity contribution in [1.82, 2.24) is 4.90 Å². The second-order valence-electron chi connectivity index (χ2n) is 7.13. The third kappa shape index (κ3) is 6.01. The SMILES string of the molecule is CCSC(c1ccc(-c2ccc(OCCCN(C)C)cc2)s1)c1ccccc1O. The summed E-state index contributed by atoms with van der Waals surface area (Å²) in [6, 6.07) is 20.4. The van der Waals surface area contributed by atoms with Crippen LogP contribution in [0, 0.1) is 0 Å². The number of rotatable bonds is 10. The topological polar surface area (TPSA) is 32.7 Å². The Balaban J connectivity index is 1.70. The average Bonchev–Trinajstić information content (AvgIpc) is 3.20. The first-order valence-corrected chi connectivity index (χ1v) is 11.8. The minimum Gasteiger partial charge on any atom is -0.508 e. The van der Waals surface area contributed by atoms with Crippen molar-refractivity contribution in [2.45, 2.75) is 18.6 Å². The maximum absolute atomic E-state index is 10.3. The first-order chi connectivity index (χ1) is 14.1. The van der Waals surface area contributed by atoms with Gasteiger partial charge in [0.05, 0.1) is 11.9 Å². The van der Waals surface area contributed by atoms with Crippen molar-refractivity contribution < 1.29 is 9.84 Å². The molecule has 0 spiro atoms. The maximum atomic E-state index is 10.3. The average molecular weight is 428 g/mol. The lowest BCUT2D eigenvalue weighted by atomic mass is 10.1. The van der Waals surface area contributed by atoms with E-state index in [-0.39, 0.29) is 5.25 Å². The van der Waals surface area contributed by atoms with Gasteiger partial charge in [-0.2, -0.15) is 0 Å². The molecule has 29 heavy (non-hydrogen) atoms. The summed E-state index contributed by atoms with van der Waals surface area (Å²) < 4.78 is 5.84. The first kappa shape index (κ1) is 21.8. The summed E-state index contributed by atoms with van der Waals surface area (Å²) in [7, 11) is 4.15. The molecule has 3 aromatic rings. The largest absolute Gasteiger partial charge is 0.508 e. The summed E-state index contributed by atoms with van der Waals surface area (Å²) in [6.07, 6.45) is 1.02. The van der Waals surface area contributed by atoms with E-state index in [4.69, 9.17) is 4.74 Å². The molecule has 0 aliphatic rings. The van der Waals surface area contributed by atoms with Gasteiger partial charge in [-0.05, 0) is 74.3 Å². The highest BCUT2D eigenvalue weighted by atomic mass is 32.2. The molecule has 154 valence electrons. The zero-order valence-electron chi connectivity index (χ0n) is 17.3. The van der Waals surface area contributed by atoms with E-state index in [1.54, 1.807) is 17.4 Å². The zero-order chi connectivity index (χ0) is 20.6. The molecule has 1 unspecified atom stereocenters. The third-order valence-corrected chi connectivity index (χ3v) is 7.12. The summed E-state index contributed by atoms with van der Waals surface area (Å²) >= 11 is 3.64. The summed E-state index contributed by atoms with van der Waals surface area (Å²) in [4.78, 5) is 4.66. The molecule has 1 atom stereocenters. The predicted molar refractivity (Wildman–Crippen MR) is 127 cm³/mol. The van der Waals surface area contributed by atoms with Crippen LogP contribution in [0.15, 0.2) is 60.7 Å². The van der Waals surface area contributed by atoms with Gasteiger partial charge in [-0.25, -0.2) is 0 Å². The van der Waals surface area contributed by atoms with Crippen LogP contribution < -0.4 is 4.74 Å². The Hall–Kier alpha value is -1.95. The Morgan fingerprint density at radius 1 is 1.03 bits per heavy atom. The number of phenols is 1. The lowest BCUT2D eigenvalue weighted by molar-refractivity contribution is 0.281. The van der Waals surface area contributed by atoms with Crippen LogP contribution in [0.1, 0.15) is 29.0 Å². The maximum Gasteiger partial charge on any atom is 0.120 e. The highest BCUT2D eigenvalue weighted by molar-refractivity contribution is 7.99. The Bertz CT molecular complexity index is 890. The predicted octanol–water partition coefficient (Wildman–Crippen LogP) is 6.29. The molecule has 3 nitrogen and oxygen atoms in total. The number of hydrogen-bond acceptors (Lipinski definition) is 5. The Kier molecular flexibility index (Phi) is 8.04. The number of thiophene rings is 1. The fourth-order valence-corrected chi connectivity index (χ4v) is 5.45. The number of para-hydroxylation sites is 1. The molecule has 0 aliphatic carbocycles. The van der Waals surface area contributed by atoms with E-state index >= 15 is 0 Å². The van der Waals surface area contributed by atoms with E-state index in [1.807, 2.05) is 42.1 Å². The molecule has 3 rings (SSSR count). The summed E-state index contributed by atoms with van der Waals surface area (Å²) in [5, 5.41) is 10.5. The summed E-state index contributed by atoms with van der Waals surface area (Å²) in [5.41, 5.74) is 2.17. The van der Waals surface area contributed by atoms with Gasteiger partial charge in [0.1, 0.15) is 11.5 Å². The second kappa shape index (κ2) is 10.7. The van der Waals surface area contributed by atoms with Gasteiger partial charge in [0, 0.05) is 21.9 Å². The summed E-state index contributed by atoms with van der Waals surface area (Å²) in [6.45, 7) is 3.92.